The van der Waals surface area contributed by atoms with E-state index in [1.54, 1.807) is 86.6 Å². The number of alkyl carbamates (subject to hydrolysis) is 3. The summed E-state index contributed by atoms with van der Waals surface area (Å²) in [5, 5.41) is 16.8. The molecule has 1 aliphatic heterocycles. The molecule has 0 saturated carbocycles. The van der Waals surface area contributed by atoms with Crippen LogP contribution in [0.4, 0.5) is 14.4 Å². The summed E-state index contributed by atoms with van der Waals surface area (Å²) < 4.78 is 21.4. The van der Waals surface area contributed by atoms with Gasteiger partial charge in [0.15, 0.2) is 5.54 Å². The molecule has 1 fully saturated rings. The maximum atomic E-state index is 14.7. The third-order valence-corrected chi connectivity index (χ3v) is 11.6. The van der Waals surface area contributed by atoms with Crippen LogP contribution in [0.1, 0.15) is 125 Å². The topological polar surface area (TPSA) is 249 Å². The number of hydrogen-bond acceptors (Lipinski definition) is 12. The molecule has 7 amide bonds. The van der Waals surface area contributed by atoms with E-state index < -0.39 is 93.9 Å². The summed E-state index contributed by atoms with van der Waals surface area (Å²) in [6.07, 6.45) is -1.04. The molecule has 19 heteroatoms. The maximum absolute atomic E-state index is 14.7. The molecule has 6 N–H and O–H groups in total. The first-order chi connectivity index (χ1) is 33.0. The fourth-order valence-electron chi connectivity index (χ4n) is 8.49. The molecule has 4 rings (SSSR count). The molecule has 0 radical (unpaired) electrons. The molecule has 19 nitrogen and oxygen atoms in total. The molecule has 4 atom stereocenters. The van der Waals surface area contributed by atoms with E-state index in [4.69, 9.17) is 18.9 Å². The molecule has 392 valence electrons. The Morgan fingerprint density at radius 3 is 1.68 bits per heavy atom. The number of amides is 7. The van der Waals surface area contributed by atoms with E-state index in [2.05, 4.69) is 31.9 Å². The number of fused-ring (bicyclic) bond motifs is 1. The Kier molecular flexibility index (Phi) is 19.4. The van der Waals surface area contributed by atoms with Crippen LogP contribution in [0.25, 0.3) is 0 Å². The van der Waals surface area contributed by atoms with Crippen molar-refractivity contribution in [1.82, 2.24) is 36.8 Å². The van der Waals surface area contributed by atoms with E-state index in [1.807, 2.05) is 44.2 Å². The third kappa shape index (κ3) is 17.8. The highest BCUT2D eigenvalue weighted by molar-refractivity contribution is 5.98. The van der Waals surface area contributed by atoms with Gasteiger partial charge < -0.3 is 55.7 Å². The highest BCUT2D eigenvalue weighted by Gasteiger charge is 2.51. The Morgan fingerprint density at radius 2 is 1.14 bits per heavy atom. The standard InChI is InChI=1S/C52H77N7O12/c1-33(2)28-38(55-41(61)39(29-34-20-14-13-15-21-34)56-43(63)52(58-47(67)71-50(9,10)11)30-35-22-16-17-23-36(35)31-52)40(60)54-37(24-18-19-26-53-45(65)69-48(3,4)5)42(62)59-27-25-51(32-59,44(64)68-12)57-46(66)70-49(6,7)8/h13-17,20-23,33,37-39H,18-19,24-32H2,1-12H3,(H,53,65)(H,54,60)(H,55,61)(H,56,63)(H,57,66)(H,58,67)/t37-,38?,39-,51?/m1/s1. The summed E-state index contributed by atoms with van der Waals surface area (Å²) in [6.45, 7) is 19.1. The van der Waals surface area contributed by atoms with Gasteiger partial charge in [-0.25, -0.2) is 19.2 Å². The molecule has 2 aromatic carbocycles. The van der Waals surface area contributed by atoms with Gasteiger partial charge in [0.05, 0.1) is 13.7 Å². The predicted octanol–water partition coefficient (Wildman–Crippen LogP) is 5.16. The Labute approximate surface area is 418 Å². The van der Waals surface area contributed by atoms with Crippen molar-refractivity contribution in [3.8, 4) is 0 Å². The highest BCUT2D eigenvalue weighted by Crippen LogP contribution is 2.32. The van der Waals surface area contributed by atoms with Gasteiger partial charge in [-0.05, 0) is 111 Å². The van der Waals surface area contributed by atoms with Gasteiger partial charge in [0, 0.05) is 38.8 Å². The zero-order valence-electron chi connectivity index (χ0n) is 43.6. The minimum Gasteiger partial charge on any atom is -0.467 e. The van der Waals surface area contributed by atoms with Crippen LogP contribution in [0.2, 0.25) is 0 Å². The molecule has 1 saturated heterocycles. The number of esters is 1. The summed E-state index contributed by atoms with van der Waals surface area (Å²) in [4.78, 5) is 112. The lowest BCUT2D eigenvalue weighted by Crippen LogP contribution is -2.64. The minimum absolute atomic E-state index is 0.00759. The predicted molar refractivity (Wildman–Crippen MR) is 265 cm³/mol. The number of nitrogens with zero attached hydrogens (tertiary/aromatic N) is 1. The number of likely N-dealkylation sites (tertiary alicyclic amines) is 1. The van der Waals surface area contributed by atoms with Crippen molar-refractivity contribution in [1.29, 1.82) is 0 Å². The third-order valence-electron chi connectivity index (χ3n) is 11.6. The van der Waals surface area contributed by atoms with Crippen LogP contribution in [0.3, 0.4) is 0 Å². The summed E-state index contributed by atoms with van der Waals surface area (Å²) in [5.74, 6) is -3.47. The van der Waals surface area contributed by atoms with Crippen molar-refractivity contribution in [2.45, 2.75) is 174 Å². The lowest BCUT2D eigenvalue weighted by molar-refractivity contribution is -0.148. The fourth-order valence-corrected chi connectivity index (χ4v) is 8.49. The van der Waals surface area contributed by atoms with Crippen molar-refractivity contribution in [3.63, 3.8) is 0 Å². The van der Waals surface area contributed by atoms with E-state index in [0.717, 1.165) is 11.1 Å². The summed E-state index contributed by atoms with van der Waals surface area (Å²) in [5.41, 5.74) is -3.21. The number of benzene rings is 2. The normalized spacial score (nSPS) is 17.6. The lowest BCUT2D eigenvalue weighted by Gasteiger charge is -2.33. The lowest BCUT2D eigenvalue weighted by atomic mass is 9.93. The van der Waals surface area contributed by atoms with Crippen molar-refractivity contribution in [2.75, 3.05) is 26.7 Å². The molecular weight excluding hydrogens is 915 g/mol. The SMILES string of the molecule is COC(=O)C1(NC(=O)OC(C)(C)C)CCN(C(=O)[C@@H](CCCCNC(=O)OC(C)(C)C)NC(=O)C(CC(C)C)NC(=O)[C@@H](Cc2ccccc2)NC(=O)C2(NC(=O)OC(C)(C)C)Cc3ccccc3C2)C1. The molecule has 2 unspecified atom stereocenters. The summed E-state index contributed by atoms with van der Waals surface area (Å²) in [6, 6.07) is 12.9. The van der Waals surface area contributed by atoms with Gasteiger partial charge >= 0.3 is 24.2 Å². The molecule has 0 aromatic heterocycles. The molecule has 0 spiro atoms. The monoisotopic (exact) mass is 992 g/mol. The van der Waals surface area contributed by atoms with E-state index in [0.29, 0.717) is 18.4 Å². The number of ether oxygens (including phenoxy) is 4. The zero-order chi connectivity index (χ0) is 53.0. The Balaban J connectivity index is 1.62. The van der Waals surface area contributed by atoms with Gasteiger partial charge in [0.1, 0.15) is 40.5 Å². The average Bonchev–Trinajstić information content (AvgIpc) is 3.85. The van der Waals surface area contributed by atoms with Crippen LogP contribution in [0.15, 0.2) is 54.6 Å². The largest absolute Gasteiger partial charge is 0.467 e. The first-order valence-corrected chi connectivity index (χ1v) is 24.4. The van der Waals surface area contributed by atoms with Gasteiger partial charge in [0.2, 0.25) is 23.6 Å². The maximum Gasteiger partial charge on any atom is 0.408 e. The van der Waals surface area contributed by atoms with Crippen molar-refractivity contribution in [3.05, 3.63) is 71.3 Å². The Morgan fingerprint density at radius 1 is 0.634 bits per heavy atom. The Bertz CT molecular complexity index is 2190. The van der Waals surface area contributed by atoms with E-state index >= 15 is 0 Å². The van der Waals surface area contributed by atoms with Crippen LogP contribution in [0, 0.1) is 5.92 Å². The molecule has 0 bridgehead atoms. The van der Waals surface area contributed by atoms with Crippen LogP contribution < -0.4 is 31.9 Å². The second-order valence-electron chi connectivity index (χ2n) is 21.9. The number of rotatable bonds is 19. The number of nitrogens with one attached hydrogen (secondary N) is 6. The van der Waals surface area contributed by atoms with Crippen molar-refractivity contribution >= 4 is 47.9 Å². The van der Waals surface area contributed by atoms with Crippen LogP contribution in [-0.2, 0) is 62.2 Å². The van der Waals surface area contributed by atoms with E-state index in [-0.39, 0.29) is 64.1 Å². The smallest absolute Gasteiger partial charge is 0.408 e. The van der Waals surface area contributed by atoms with Crippen LogP contribution >= 0.6 is 0 Å². The number of carbonyl (C=O) groups excluding carboxylic acids is 8. The highest BCUT2D eigenvalue weighted by atomic mass is 16.6. The molecular formula is C52H77N7O12. The van der Waals surface area contributed by atoms with Gasteiger partial charge in [-0.15, -0.1) is 0 Å². The number of methoxy groups -OCH3 is 1. The first-order valence-electron chi connectivity index (χ1n) is 24.4. The van der Waals surface area contributed by atoms with Gasteiger partial charge in [-0.2, -0.15) is 0 Å². The zero-order valence-corrected chi connectivity index (χ0v) is 43.6. The second kappa shape index (κ2) is 24.1. The first kappa shape index (κ1) is 57.2. The van der Waals surface area contributed by atoms with Crippen LogP contribution in [-0.4, -0.2) is 126 Å². The fraction of sp³-hybridized carbons (Fsp3) is 0.615. The van der Waals surface area contributed by atoms with Gasteiger partial charge in [0.25, 0.3) is 0 Å². The number of hydrogen-bond donors (Lipinski definition) is 6. The minimum atomic E-state index is -1.65. The molecule has 1 heterocycles. The molecule has 2 aliphatic rings. The average molecular weight is 992 g/mol. The number of unbranched alkanes of at least 4 members (excludes halogenated alkanes) is 1. The van der Waals surface area contributed by atoms with E-state index in [9.17, 15) is 38.4 Å². The molecule has 71 heavy (non-hydrogen) atoms. The van der Waals surface area contributed by atoms with Gasteiger partial charge in [-0.1, -0.05) is 68.4 Å². The summed E-state index contributed by atoms with van der Waals surface area (Å²) >= 11 is 0. The van der Waals surface area contributed by atoms with Crippen molar-refractivity contribution in [2.24, 2.45) is 5.92 Å². The quantitative estimate of drug-likeness (QED) is 0.0608. The van der Waals surface area contributed by atoms with Gasteiger partial charge in [-0.3, -0.25) is 19.2 Å². The van der Waals surface area contributed by atoms with Crippen LogP contribution in [0.5, 0.6) is 0 Å². The molecule has 2 aromatic rings. The second-order valence-corrected chi connectivity index (χ2v) is 21.9. The van der Waals surface area contributed by atoms with E-state index in [1.165, 1.54) is 12.0 Å². The Hall–Kier alpha value is -6.40. The molecule has 1 aliphatic carbocycles. The summed E-state index contributed by atoms with van der Waals surface area (Å²) in [7, 11) is 1.17. The van der Waals surface area contributed by atoms with Crippen molar-refractivity contribution < 1.29 is 57.3 Å². The number of carbonyl (C=O) groups is 8.